The zero-order valence-electron chi connectivity index (χ0n) is 11.9. The summed E-state index contributed by atoms with van der Waals surface area (Å²) in [6, 6.07) is -1.50. The number of carbonyl (C=O) groups is 2. The maximum Gasteiger partial charge on any atom is 1.00 e. The fourth-order valence-electron chi connectivity index (χ4n) is 2.78. The van der Waals surface area contributed by atoms with E-state index in [1.54, 1.807) is 11.7 Å². The molecule has 0 bridgehead atoms. The molecule has 1 aromatic heterocycles. The smallest absolute Gasteiger partial charge is 0.548 e. The number of carboxylic acid groups (broad SMARTS) is 1. The van der Waals surface area contributed by atoms with E-state index in [4.69, 9.17) is 0 Å². The molecule has 0 aliphatic carbocycles. The number of nitrogens with zero attached hydrogens (tertiary/aromatic N) is 2. The maximum atomic E-state index is 12.5. The minimum absolute atomic E-state index is 0. The summed E-state index contributed by atoms with van der Waals surface area (Å²) in [6.45, 7) is 1.31. The fourth-order valence-corrected chi connectivity index (χ4v) is 5.56. The number of carboxylic acids is 1. The average Bonchev–Trinajstić information content (AvgIpc) is 2.95. The van der Waals surface area contributed by atoms with Gasteiger partial charge in [0.15, 0.2) is 9.84 Å². The zero-order valence-corrected chi connectivity index (χ0v) is 15.6. The SMILES string of the molecule is C[C@]1(/C=C\c2cncs2)[C@H](C(=O)[O-])N2C(=O)C[C@H]2S1(=O)=O.[Na+]. The Kier molecular flexibility index (Phi) is 4.58. The van der Waals surface area contributed by atoms with Gasteiger partial charge in [0.1, 0.15) is 10.1 Å². The molecule has 2 aliphatic heterocycles. The van der Waals surface area contributed by atoms with Crippen LogP contribution in [0.2, 0.25) is 0 Å². The number of sulfone groups is 1. The minimum Gasteiger partial charge on any atom is -0.548 e. The van der Waals surface area contributed by atoms with Crippen molar-refractivity contribution in [2.24, 2.45) is 0 Å². The molecule has 0 unspecified atom stereocenters. The average molecular weight is 350 g/mol. The number of aliphatic carboxylic acids is 1. The van der Waals surface area contributed by atoms with Crippen LogP contribution in [0.4, 0.5) is 0 Å². The van der Waals surface area contributed by atoms with Gasteiger partial charge < -0.3 is 14.8 Å². The van der Waals surface area contributed by atoms with Crippen LogP contribution >= 0.6 is 11.3 Å². The van der Waals surface area contributed by atoms with Crippen LogP contribution in [-0.4, -0.2) is 46.3 Å². The third kappa shape index (κ3) is 2.26. The van der Waals surface area contributed by atoms with E-state index in [2.05, 4.69) is 4.98 Å². The third-order valence-corrected chi connectivity index (χ3v) is 7.43. The maximum absolute atomic E-state index is 12.5. The van der Waals surface area contributed by atoms with Gasteiger partial charge in [-0.25, -0.2) is 8.42 Å². The van der Waals surface area contributed by atoms with Crippen LogP contribution in [-0.2, 0) is 19.4 Å². The number of fused-ring (bicyclic) bond motifs is 1. The number of aromatic nitrogens is 1. The summed E-state index contributed by atoms with van der Waals surface area (Å²) >= 11 is 1.30. The first-order valence-corrected chi connectivity index (χ1v) is 8.55. The number of β-lactam (4-membered cyclic amide) rings is 1. The van der Waals surface area contributed by atoms with Gasteiger partial charge in [0.05, 0.1) is 23.9 Å². The summed E-state index contributed by atoms with van der Waals surface area (Å²) in [4.78, 5) is 28.4. The quantitative estimate of drug-likeness (QED) is 0.406. The number of rotatable bonds is 3. The zero-order chi connectivity index (χ0) is 15.4. The van der Waals surface area contributed by atoms with E-state index in [9.17, 15) is 23.1 Å². The van der Waals surface area contributed by atoms with Crippen LogP contribution in [0.15, 0.2) is 17.8 Å². The van der Waals surface area contributed by atoms with Gasteiger partial charge in [-0.3, -0.25) is 9.78 Å². The van der Waals surface area contributed by atoms with Gasteiger partial charge in [-0.05, 0) is 13.0 Å². The van der Waals surface area contributed by atoms with Crippen molar-refractivity contribution in [1.82, 2.24) is 9.88 Å². The largest absolute Gasteiger partial charge is 1.00 e. The molecule has 1 aromatic rings. The van der Waals surface area contributed by atoms with Crippen molar-refractivity contribution < 1.29 is 52.7 Å². The summed E-state index contributed by atoms with van der Waals surface area (Å²) in [5.41, 5.74) is 1.58. The van der Waals surface area contributed by atoms with Crippen molar-refractivity contribution in [1.29, 1.82) is 0 Å². The fraction of sp³-hybridized carbons (Fsp3) is 0.417. The molecule has 0 aromatic carbocycles. The number of hydrogen-bond acceptors (Lipinski definition) is 7. The first-order valence-electron chi connectivity index (χ1n) is 6.12. The predicted octanol–water partition coefficient (Wildman–Crippen LogP) is -3.98. The molecule has 1 amide bonds. The molecule has 3 rings (SSSR count). The number of carbonyl (C=O) groups excluding carboxylic acids is 2. The van der Waals surface area contributed by atoms with Crippen molar-refractivity contribution in [3.63, 3.8) is 0 Å². The monoisotopic (exact) mass is 350 g/mol. The molecule has 0 saturated carbocycles. The first kappa shape index (κ1) is 17.6. The summed E-state index contributed by atoms with van der Waals surface area (Å²) in [6.07, 6.45) is 4.21. The normalized spacial score (nSPS) is 32.4. The second kappa shape index (κ2) is 5.72. The molecule has 10 heteroatoms. The van der Waals surface area contributed by atoms with Crippen molar-refractivity contribution in [3.05, 3.63) is 22.7 Å². The van der Waals surface area contributed by atoms with Gasteiger partial charge in [0, 0.05) is 11.1 Å². The summed E-state index contributed by atoms with van der Waals surface area (Å²) in [5, 5.41) is 10.3. The number of hydrogen-bond donors (Lipinski definition) is 0. The molecular weight excluding hydrogens is 339 g/mol. The molecule has 7 nitrogen and oxygen atoms in total. The second-order valence-electron chi connectivity index (χ2n) is 5.15. The van der Waals surface area contributed by atoms with E-state index in [0.717, 1.165) is 4.90 Å². The van der Waals surface area contributed by atoms with Gasteiger partial charge in [-0.2, -0.15) is 0 Å². The standard InChI is InChI=1S/C12H12N2O5S2.Na/c1-12(3-2-7-5-13-6-20-7)10(11(16)17)14-8(15)4-9(14)21(12,18)19;/h2-3,5-6,9-10H,4H2,1H3,(H,16,17);/q;+1/p-1/b3-2-;/t9-,10+,12+;/m1./s1. The van der Waals surface area contributed by atoms with Crippen LogP contribution in [0.3, 0.4) is 0 Å². The molecule has 22 heavy (non-hydrogen) atoms. The topological polar surface area (TPSA) is 107 Å². The number of thiazole rings is 1. The van der Waals surface area contributed by atoms with E-state index < -0.39 is 37.9 Å². The van der Waals surface area contributed by atoms with Gasteiger partial charge in [0.25, 0.3) is 0 Å². The van der Waals surface area contributed by atoms with E-state index in [-0.39, 0.29) is 36.0 Å². The Morgan fingerprint density at radius 1 is 1.59 bits per heavy atom. The Morgan fingerprint density at radius 3 is 2.77 bits per heavy atom. The molecule has 3 atom stereocenters. The van der Waals surface area contributed by atoms with Gasteiger partial charge >= 0.3 is 29.6 Å². The van der Waals surface area contributed by atoms with E-state index in [1.165, 1.54) is 30.4 Å². The van der Waals surface area contributed by atoms with E-state index in [0.29, 0.717) is 4.88 Å². The van der Waals surface area contributed by atoms with Crippen LogP contribution in [0, 0.1) is 0 Å². The Labute approximate surface area is 153 Å². The summed E-state index contributed by atoms with van der Waals surface area (Å²) in [7, 11) is -3.83. The van der Waals surface area contributed by atoms with Crippen LogP contribution in [0.25, 0.3) is 6.08 Å². The molecule has 0 spiro atoms. The van der Waals surface area contributed by atoms with Gasteiger partial charge in [-0.1, -0.05) is 6.08 Å². The van der Waals surface area contributed by atoms with Crippen molar-refractivity contribution >= 4 is 39.1 Å². The predicted molar refractivity (Wildman–Crippen MR) is 72.5 cm³/mol. The van der Waals surface area contributed by atoms with Crippen LogP contribution in [0.1, 0.15) is 18.2 Å². The van der Waals surface area contributed by atoms with E-state index in [1.807, 2.05) is 0 Å². The van der Waals surface area contributed by atoms with Crippen molar-refractivity contribution in [3.8, 4) is 0 Å². The van der Waals surface area contributed by atoms with Gasteiger partial charge in [0.2, 0.25) is 5.91 Å². The Balaban J connectivity index is 0.00000176. The summed E-state index contributed by atoms with van der Waals surface area (Å²) < 4.78 is 23.4. The molecule has 0 radical (unpaired) electrons. The molecule has 112 valence electrons. The first-order chi connectivity index (χ1) is 9.79. The Hall–Kier alpha value is -0.740. The van der Waals surface area contributed by atoms with Gasteiger partial charge in [-0.15, -0.1) is 11.3 Å². The molecule has 2 fully saturated rings. The molecule has 2 saturated heterocycles. The number of amides is 1. The second-order valence-corrected chi connectivity index (χ2v) is 8.58. The minimum atomic E-state index is -3.83. The van der Waals surface area contributed by atoms with Crippen LogP contribution < -0.4 is 34.7 Å². The summed E-state index contributed by atoms with van der Waals surface area (Å²) in [5.74, 6) is -2.04. The third-order valence-electron chi connectivity index (χ3n) is 3.99. The van der Waals surface area contributed by atoms with Crippen molar-refractivity contribution in [2.75, 3.05) is 0 Å². The Bertz CT molecular complexity index is 746. The molecular formula is C12H11N2NaO5S2. The van der Waals surface area contributed by atoms with E-state index >= 15 is 0 Å². The molecule has 3 heterocycles. The molecule has 0 N–H and O–H groups in total. The van der Waals surface area contributed by atoms with Crippen molar-refractivity contribution in [2.45, 2.75) is 29.5 Å². The van der Waals surface area contributed by atoms with Crippen LogP contribution in [0.5, 0.6) is 0 Å². The Morgan fingerprint density at radius 2 is 2.27 bits per heavy atom. The molecule has 2 aliphatic rings.